The Morgan fingerprint density at radius 1 is 0.971 bits per heavy atom. The van der Waals surface area contributed by atoms with E-state index in [1.165, 1.54) is 12.8 Å². The molecular formula is C29H35N5O. The number of fused-ring (bicyclic) bond motifs is 1. The molecule has 35 heavy (non-hydrogen) atoms. The Kier molecular flexibility index (Phi) is 7.00. The molecule has 0 atom stereocenters. The molecule has 1 aliphatic carbocycles. The van der Waals surface area contributed by atoms with E-state index < -0.39 is 0 Å². The van der Waals surface area contributed by atoms with Crippen molar-refractivity contribution < 1.29 is 4.74 Å². The van der Waals surface area contributed by atoms with Crippen LogP contribution in [0, 0.1) is 0 Å². The summed E-state index contributed by atoms with van der Waals surface area (Å²) in [5, 5.41) is 0.929. The zero-order valence-electron chi connectivity index (χ0n) is 20.7. The van der Waals surface area contributed by atoms with E-state index in [9.17, 15) is 0 Å². The molecule has 0 spiro atoms. The molecule has 6 nitrogen and oxygen atoms in total. The second-order valence-corrected chi connectivity index (χ2v) is 9.39. The minimum absolute atomic E-state index is 0.421. The number of nitrogens with zero attached hydrogens (tertiary/aromatic N) is 4. The van der Waals surface area contributed by atoms with Crippen molar-refractivity contribution in [3.05, 3.63) is 72.7 Å². The third kappa shape index (κ3) is 4.89. The standard InChI is InChI=1S/C29H35N5O/c1-3-33(4-2)23-13-15-24(16-14-23)34-18-26(27-28(30)31-20-32-29(27)34)22-11-8-12-25(17-22)35-19-21-9-6-5-7-10-21/h5-12,17-18,20,23-24H,3-4,13-16,19H2,1-2H3,(H2,30,31,32)/t23-,24-. The van der Waals surface area contributed by atoms with Crippen LogP contribution in [0.25, 0.3) is 22.2 Å². The summed E-state index contributed by atoms with van der Waals surface area (Å²) >= 11 is 0. The van der Waals surface area contributed by atoms with Crippen LogP contribution in [0.3, 0.4) is 0 Å². The zero-order chi connectivity index (χ0) is 24.2. The van der Waals surface area contributed by atoms with Gasteiger partial charge in [0.05, 0.1) is 5.39 Å². The molecular weight excluding hydrogens is 434 g/mol. The molecule has 1 aliphatic rings. The second kappa shape index (κ2) is 10.5. The van der Waals surface area contributed by atoms with Gasteiger partial charge in [-0.15, -0.1) is 0 Å². The van der Waals surface area contributed by atoms with Crippen LogP contribution in [-0.4, -0.2) is 38.6 Å². The monoisotopic (exact) mass is 469 g/mol. The van der Waals surface area contributed by atoms with Crippen LogP contribution < -0.4 is 10.5 Å². The quantitative estimate of drug-likeness (QED) is 0.338. The minimum atomic E-state index is 0.421. The van der Waals surface area contributed by atoms with Crippen LogP contribution >= 0.6 is 0 Å². The molecule has 0 aliphatic heterocycles. The Labute approximate surface area is 207 Å². The van der Waals surface area contributed by atoms with Gasteiger partial charge in [0.1, 0.15) is 30.1 Å². The highest BCUT2D eigenvalue weighted by Crippen LogP contribution is 2.39. The summed E-state index contributed by atoms with van der Waals surface area (Å²) in [4.78, 5) is 11.6. The van der Waals surface area contributed by atoms with Crippen molar-refractivity contribution in [1.29, 1.82) is 0 Å². The lowest BCUT2D eigenvalue weighted by molar-refractivity contribution is 0.151. The predicted octanol–water partition coefficient (Wildman–Crippen LogP) is 6.09. The van der Waals surface area contributed by atoms with Gasteiger partial charge in [-0.1, -0.05) is 56.3 Å². The van der Waals surface area contributed by atoms with E-state index in [1.807, 2.05) is 30.3 Å². The summed E-state index contributed by atoms with van der Waals surface area (Å²) in [5.74, 6) is 1.36. The number of anilines is 1. The molecule has 0 unspecified atom stereocenters. The predicted molar refractivity (Wildman–Crippen MR) is 142 cm³/mol. The summed E-state index contributed by atoms with van der Waals surface area (Å²) in [5.41, 5.74) is 10.6. The average molecular weight is 470 g/mol. The van der Waals surface area contributed by atoms with Gasteiger partial charge in [0.25, 0.3) is 0 Å². The average Bonchev–Trinajstić information content (AvgIpc) is 3.30. The van der Waals surface area contributed by atoms with Gasteiger partial charge in [-0.25, -0.2) is 9.97 Å². The Morgan fingerprint density at radius 2 is 1.74 bits per heavy atom. The number of nitrogens with two attached hydrogens (primary N) is 1. The maximum absolute atomic E-state index is 6.41. The molecule has 2 heterocycles. The van der Waals surface area contributed by atoms with Gasteiger partial charge in [0, 0.05) is 23.8 Å². The molecule has 6 heteroatoms. The van der Waals surface area contributed by atoms with Crippen molar-refractivity contribution in [2.24, 2.45) is 0 Å². The van der Waals surface area contributed by atoms with Gasteiger partial charge in [-0.2, -0.15) is 0 Å². The van der Waals surface area contributed by atoms with Crippen LogP contribution in [0.2, 0.25) is 0 Å². The highest BCUT2D eigenvalue weighted by Gasteiger charge is 2.27. The molecule has 2 N–H and O–H groups in total. The number of rotatable bonds is 8. The summed E-state index contributed by atoms with van der Waals surface area (Å²) in [6.45, 7) is 7.30. The Balaban J connectivity index is 1.43. The van der Waals surface area contributed by atoms with Crippen LogP contribution in [0.4, 0.5) is 5.82 Å². The molecule has 2 aromatic heterocycles. The number of hydrogen-bond donors (Lipinski definition) is 1. The van der Waals surface area contributed by atoms with Crippen LogP contribution in [0.1, 0.15) is 51.1 Å². The lowest BCUT2D eigenvalue weighted by Gasteiger charge is -2.36. The lowest BCUT2D eigenvalue weighted by atomic mass is 9.90. The number of benzene rings is 2. The highest BCUT2D eigenvalue weighted by molar-refractivity contribution is 6.00. The fraction of sp³-hybridized carbons (Fsp3) is 0.379. The molecule has 1 saturated carbocycles. The highest BCUT2D eigenvalue weighted by atomic mass is 16.5. The van der Waals surface area contributed by atoms with Crippen LogP contribution in [-0.2, 0) is 6.61 Å². The van der Waals surface area contributed by atoms with Gasteiger partial charge >= 0.3 is 0 Å². The first-order chi connectivity index (χ1) is 17.2. The second-order valence-electron chi connectivity index (χ2n) is 9.39. The first kappa shape index (κ1) is 23.4. The molecule has 182 valence electrons. The van der Waals surface area contributed by atoms with Crippen molar-refractivity contribution in [2.45, 2.75) is 58.2 Å². The van der Waals surface area contributed by atoms with E-state index in [0.29, 0.717) is 24.5 Å². The van der Waals surface area contributed by atoms with Crippen molar-refractivity contribution in [3.8, 4) is 16.9 Å². The number of hydrogen-bond acceptors (Lipinski definition) is 5. The van der Waals surface area contributed by atoms with Crippen molar-refractivity contribution >= 4 is 16.9 Å². The summed E-state index contributed by atoms with van der Waals surface area (Å²) in [7, 11) is 0. The van der Waals surface area contributed by atoms with Crippen LogP contribution in [0.5, 0.6) is 5.75 Å². The normalized spacial score (nSPS) is 18.3. The van der Waals surface area contributed by atoms with Crippen molar-refractivity contribution in [2.75, 3.05) is 18.8 Å². The van der Waals surface area contributed by atoms with E-state index in [2.05, 4.69) is 63.7 Å². The molecule has 0 saturated heterocycles. The van der Waals surface area contributed by atoms with Gasteiger partial charge in [-0.05, 0) is 62.0 Å². The third-order valence-corrected chi connectivity index (χ3v) is 7.42. The molecule has 0 amide bonds. The van der Waals surface area contributed by atoms with Gasteiger partial charge in [-0.3, -0.25) is 0 Å². The fourth-order valence-electron chi connectivity index (χ4n) is 5.54. The van der Waals surface area contributed by atoms with Gasteiger partial charge in [0.2, 0.25) is 0 Å². The van der Waals surface area contributed by atoms with E-state index >= 15 is 0 Å². The van der Waals surface area contributed by atoms with E-state index in [0.717, 1.165) is 59.4 Å². The largest absolute Gasteiger partial charge is 0.489 e. The maximum atomic E-state index is 6.41. The van der Waals surface area contributed by atoms with E-state index in [-0.39, 0.29) is 0 Å². The summed E-state index contributed by atoms with van der Waals surface area (Å²) in [6.07, 6.45) is 8.53. The minimum Gasteiger partial charge on any atom is -0.489 e. The van der Waals surface area contributed by atoms with Crippen molar-refractivity contribution in [1.82, 2.24) is 19.4 Å². The molecule has 5 rings (SSSR count). The van der Waals surface area contributed by atoms with Gasteiger partial charge in [0.15, 0.2) is 0 Å². The number of aromatic nitrogens is 3. The van der Waals surface area contributed by atoms with Crippen LogP contribution in [0.15, 0.2) is 67.1 Å². The fourth-order valence-corrected chi connectivity index (χ4v) is 5.54. The molecule has 2 aromatic carbocycles. The first-order valence-electron chi connectivity index (χ1n) is 12.8. The summed E-state index contributed by atoms with van der Waals surface area (Å²) < 4.78 is 8.45. The lowest BCUT2D eigenvalue weighted by Crippen LogP contribution is -2.38. The smallest absolute Gasteiger partial charge is 0.146 e. The van der Waals surface area contributed by atoms with E-state index in [4.69, 9.17) is 10.5 Å². The third-order valence-electron chi connectivity index (χ3n) is 7.42. The maximum Gasteiger partial charge on any atom is 0.146 e. The van der Waals surface area contributed by atoms with Gasteiger partial charge < -0.3 is 19.9 Å². The molecule has 0 radical (unpaired) electrons. The number of nitrogen functional groups attached to an aromatic ring is 1. The Morgan fingerprint density at radius 3 is 2.49 bits per heavy atom. The Bertz CT molecular complexity index is 1260. The molecule has 0 bridgehead atoms. The van der Waals surface area contributed by atoms with Crippen molar-refractivity contribution in [3.63, 3.8) is 0 Å². The molecule has 1 fully saturated rings. The topological polar surface area (TPSA) is 69.2 Å². The molecule has 4 aromatic rings. The SMILES string of the molecule is CCN(CC)[C@H]1CC[C@H](n2cc(-c3cccc(OCc4ccccc4)c3)c3c(N)ncnc32)CC1. The van der Waals surface area contributed by atoms with E-state index in [1.54, 1.807) is 6.33 Å². The Hall–Kier alpha value is -3.38. The first-order valence-corrected chi connectivity index (χ1v) is 12.8. The summed E-state index contributed by atoms with van der Waals surface area (Å²) in [6, 6.07) is 19.6. The zero-order valence-corrected chi connectivity index (χ0v) is 20.7. The number of ether oxygens (including phenoxy) is 1.